The Hall–Kier alpha value is -3.10. The lowest BCUT2D eigenvalue weighted by Crippen LogP contribution is -2.41. The molecule has 0 atom stereocenters. The van der Waals surface area contributed by atoms with Crippen molar-refractivity contribution < 1.29 is 9.53 Å². The Bertz CT molecular complexity index is 953. The van der Waals surface area contributed by atoms with Crippen LogP contribution in [0.25, 0.3) is 10.9 Å². The number of hydrogen-bond acceptors (Lipinski definition) is 7. The maximum atomic E-state index is 12.4. The molecule has 0 saturated carbocycles. The van der Waals surface area contributed by atoms with E-state index in [0.717, 1.165) is 49.4 Å². The summed E-state index contributed by atoms with van der Waals surface area (Å²) in [7, 11) is 0. The number of aromatic nitrogens is 3. The normalized spacial score (nSPS) is 14.7. The highest BCUT2D eigenvalue weighted by Gasteiger charge is 2.12. The van der Waals surface area contributed by atoms with Crippen molar-refractivity contribution in [3.63, 3.8) is 0 Å². The zero-order valence-electron chi connectivity index (χ0n) is 15.5. The van der Waals surface area contributed by atoms with Crippen molar-refractivity contribution in [3.05, 3.63) is 54.5 Å². The molecule has 28 heavy (non-hydrogen) atoms. The van der Waals surface area contributed by atoms with Crippen molar-refractivity contribution in [1.82, 2.24) is 25.2 Å². The maximum absolute atomic E-state index is 12.4. The van der Waals surface area contributed by atoms with Gasteiger partial charge in [0.2, 0.25) is 5.95 Å². The molecule has 144 valence electrons. The summed E-state index contributed by atoms with van der Waals surface area (Å²) in [4.78, 5) is 27.7. The minimum absolute atomic E-state index is 0.213. The van der Waals surface area contributed by atoms with E-state index in [1.165, 1.54) is 0 Å². The summed E-state index contributed by atoms with van der Waals surface area (Å²) in [6.07, 6.45) is 3.32. The third kappa shape index (κ3) is 4.41. The van der Waals surface area contributed by atoms with E-state index in [-0.39, 0.29) is 5.91 Å². The van der Waals surface area contributed by atoms with Crippen LogP contribution < -0.4 is 10.6 Å². The van der Waals surface area contributed by atoms with Crippen LogP contribution in [0.15, 0.2) is 48.8 Å². The molecule has 1 aliphatic heterocycles. The van der Waals surface area contributed by atoms with Crippen LogP contribution in [0, 0.1) is 0 Å². The van der Waals surface area contributed by atoms with Crippen LogP contribution in [-0.4, -0.2) is 65.2 Å². The van der Waals surface area contributed by atoms with Crippen LogP contribution >= 0.6 is 0 Å². The van der Waals surface area contributed by atoms with Crippen LogP contribution in [0.4, 0.5) is 11.6 Å². The van der Waals surface area contributed by atoms with Gasteiger partial charge in [-0.1, -0.05) is 18.2 Å². The van der Waals surface area contributed by atoms with Crippen molar-refractivity contribution in [2.45, 2.75) is 0 Å². The number of nitrogens with zero attached hydrogens (tertiary/aromatic N) is 4. The Morgan fingerprint density at radius 3 is 2.82 bits per heavy atom. The molecule has 3 heterocycles. The number of anilines is 2. The number of carbonyl (C=O) groups is 1. The van der Waals surface area contributed by atoms with E-state index in [1.807, 2.05) is 30.3 Å². The van der Waals surface area contributed by atoms with Gasteiger partial charge in [0.15, 0.2) is 0 Å². The first-order valence-electron chi connectivity index (χ1n) is 9.32. The number of carbonyl (C=O) groups excluding carboxylic acids is 1. The predicted octanol–water partition coefficient (Wildman–Crippen LogP) is 1.83. The van der Waals surface area contributed by atoms with E-state index in [4.69, 9.17) is 4.74 Å². The smallest absolute Gasteiger partial charge is 0.270 e. The minimum atomic E-state index is -0.213. The van der Waals surface area contributed by atoms with E-state index in [2.05, 4.69) is 30.5 Å². The van der Waals surface area contributed by atoms with E-state index >= 15 is 0 Å². The fourth-order valence-corrected chi connectivity index (χ4v) is 3.11. The molecule has 0 spiro atoms. The number of hydrogen-bond donors (Lipinski definition) is 2. The van der Waals surface area contributed by atoms with Crippen molar-refractivity contribution in [3.8, 4) is 0 Å². The van der Waals surface area contributed by atoms with Gasteiger partial charge in [-0.05, 0) is 18.2 Å². The second-order valence-corrected chi connectivity index (χ2v) is 6.48. The summed E-state index contributed by atoms with van der Waals surface area (Å²) >= 11 is 0. The Labute approximate surface area is 163 Å². The van der Waals surface area contributed by atoms with Crippen LogP contribution in [-0.2, 0) is 4.74 Å². The Morgan fingerprint density at radius 1 is 1.07 bits per heavy atom. The van der Waals surface area contributed by atoms with Crippen molar-refractivity contribution >= 4 is 28.4 Å². The molecule has 1 aliphatic rings. The van der Waals surface area contributed by atoms with E-state index in [0.29, 0.717) is 18.2 Å². The number of morpholine rings is 1. The zero-order chi connectivity index (χ0) is 19.2. The predicted molar refractivity (Wildman–Crippen MR) is 107 cm³/mol. The molecule has 0 bridgehead atoms. The fraction of sp³-hybridized carbons (Fsp3) is 0.300. The monoisotopic (exact) mass is 378 g/mol. The fourth-order valence-electron chi connectivity index (χ4n) is 3.11. The number of pyridine rings is 1. The van der Waals surface area contributed by atoms with Gasteiger partial charge in [0, 0.05) is 44.0 Å². The molecule has 0 unspecified atom stereocenters. The average molecular weight is 378 g/mol. The maximum Gasteiger partial charge on any atom is 0.270 e. The van der Waals surface area contributed by atoms with Crippen molar-refractivity contribution in [1.29, 1.82) is 0 Å². The zero-order valence-corrected chi connectivity index (χ0v) is 15.5. The lowest BCUT2D eigenvalue weighted by Gasteiger charge is -2.26. The molecular formula is C20H22N6O2. The van der Waals surface area contributed by atoms with Crippen LogP contribution in [0.2, 0.25) is 0 Å². The molecule has 1 saturated heterocycles. The number of ether oxygens (including phenoxy) is 1. The molecule has 8 heteroatoms. The topological polar surface area (TPSA) is 92.3 Å². The van der Waals surface area contributed by atoms with Crippen molar-refractivity contribution in [2.75, 3.05) is 44.7 Å². The van der Waals surface area contributed by atoms with Gasteiger partial charge in [-0.2, -0.15) is 0 Å². The summed E-state index contributed by atoms with van der Waals surface area (Å²) in [6, 6.07) is 11.3. The van der Waals surface area contributed by atoms with Gasteiger partial charge < -0.3 is 15.4 Å². The average Bonchev–Trinajstić information content (AvgIpc) is 2.75. The lowest BCUT2D eigenvalue weighted by molar-refractivity contribution is 0.0383. The second kappa shape index (κ2) is 8.73. The number of benzene rings is 1. The van der Waals surface area contributed by atoms with Gasteiger partial charge >= 0.3 is 0 Å². The van der Waals surface area contributed by atoms with Gasteiger partial charge in [0.25, 0.3) is 5.91 Å². The van der Waals surface area contributed by atoms with Gasteiger partial charge in [-0.25, -0.2) is 9.97 Å². The molecule has 8 nitrogen and oxygen atoms in total. The first kappa shape index (κ1) is 18.3. The Morgan fingerprint density at radius 2 is 1.93 bits per heavy atom. The molecule has 2 aromatic heterocycles. The SMILES string of the molecule is O=C(NCCN1CCOCC1)c1ccnc(Nc2cccc3cccnc23)n1. The van der Waals surface area contributed by atoms with Gasteiger partial charge in [-0.3, -0.25) is 14.7 Å². The summed E-state index contributed by atoms with van der Waals surface area (Å²) in [5.74, 6) is 0.147. The van der Waals surface area contributed by atoms with Gasteiger partial charge in [-0.15, -0.1) is 0 Å². The third-order valence-corrected chi connectivity index (χ3v) is 4.58. The molecule has 1 amide bonds. The van der Waals surface area contributed by atoms with E-state index in [1.54, 1.807) is 18.5 Å². The Balaban J connectivity index is 1.40. The highest BCUT2D eigenvalue weighted by Crippen LogP contribution is 2.22. The van der Waals surface area contributed by atoms with Gasteiger partial charge in [0.05, 0.1) is 24.4 Å². The highest BCUT2D eigenvalue weighted by molar-refractivity contribution is 5.93. The molecule has 0 radical (unpaired) electrons. The summed E-state index contributed by atoms with van der Waals surface area (Å²) in [5, 5.41) is 7.10. The Kier molecular flexibility index (Phi) is 5.69. The number of para-hydroxylation sites is 1. The highest BCUT2D eigenvalue weighted by atomic mass is 16.5. The van der Waals surface area contributed by atoms with E-state index in [9.17, 15) is 4.79 Å². The minimum Gasteiger partial charge on any atom is -0.379 e. The van der Waals surface area contributed by atoms with Crippen molar-refractivity contribution in [2.24, 2.45) is 0 Å². The third-order valence-electron chi connectivity index (χ3n) is 4.58. The molecule has 1 fully saturated rings. The second-order valence-electron chi connectivity index (χ2n) is 6.48. The largest absolute Gasteiger partial charge is 0.379 e. The number of amides is 1. The molecule has 2 N–H and O–H groups in total. The quantitative estimate of drug-likeness (QED) is 0.676. The first-order valence-corrected chi connectivity index (χ1v) is 9.32. The molecule has 4 rings (SSSR count). The first-order chi connectivity index (χ1) is 13.8. The number of rotatable bonds is 6. The van der Waals surface area contributed by atoms with Crippen LogP contribution in [0.3, 0.4) is 0 Å². The lowest BCUT2D eigenvalue weighted by atomic mass is 10.2. The van der Waals surface area contributed by atoms with Gasteiger partial charge in [0.1, 0.15) is 5.69 Å². The van der Waals surface area contributed by atoms with E-state index < -0.39 is 0 Å². The summed E-state index contributed by atoms with van der Waals surface area (Å²) < 4.78 is 5.33. The molecule has 1 aromatic carbocycles. The van der Waals surface area contributed by atoms with Crippen LogP contribution in [0.5, 0.6) is 0 Å². The molecule has 0 aliphatic carbocycles. The van der Waals surface area contributed by atoms with Crippen LogP contribution in [0.1, 0.15) is 10.5 Å². The molecule has 3 aromatic rings. The summed E-state index contributed by atoms with van der Waals surface area (Å²) in [5.41, 5.74) is 1.95. The number of nitrogens with one attached hydrogen (secondary N) is 2. The summed E-state index contributed by atoms with van der Waals surface area (Å²) in [6.45, 7) is 4.66. The molecular weight excluding hydrogens is 356 g/mol. The number of fused-ring (bicyclic) bond motifs is 1. The standard InChI is InChI=1S/C20H22N6O2/c27-19(22-9-10-26-11-13-28-14-12-26)17-6-8-23-20(25-17)24-16-5-1-3-15-4-2-7-21-18(15)16/h1-8H,9-14H2,(H,22,27)(H,23,24,25).